The molecular weight excluding hydrogens is 291 g/mol. The van der Waals surface area contributed by atoms with Crippen LogP contribution in [-0.2, 0) is 4.74 Å². The van der Waals surface area contributed by atoms with Gasteiger partial charge < -0.3 is 9.47 Å². The summed E-state index contributed by atoms with van der Waals surface area (Å²) in [7, 11) is 1.40. The number of carbonyl (C=O) groups excluding carboxylic acids is 1. The molecule has 0 saturated carbocycles. The topological polar surface area (TPSA) is 60.2 Å². The van der Waals surface area contributed by atoms with Crippen LogP contribution in [0, 0.1) is 0 Å². The zero-order valence-corrected chi connectivity index (χ0v) is 11.5. The zero-order chi connectivity index (χ0) is 13.8. The Kier molecular flexibility index (Phi) is 4.39. The maximum absolute atomic E-state index is 12.1. The quantitative estimate of drug-likeness (QED) is 0.789. The van der Waals surface area contributed by atoms with E-state index >= 15 is 0 Å². The molecule has 0 N–H and O–H groups in total. The van der Waals surface area contributed by atoms with E-state index in [9.17, 15) is 4.79 Å². The number of carbonyl (C=O) groups is 1. The van der Waals surface area contributed by atoms with Gasteiger partial charge in [0.25, 0.3) is 0 Å². The summed E-state index contributed by atoms with van der Waals surface area (Å²) in [5.41, 5.74) is 0.0679. The Bertz CT molecular complexity index is 570. The van der Waals surface area contributed by atoms with Crippen molar-refractivity contribution < 1.29 is 14.3 Å². The number of benzene rings is 1. The van der Waals surface area contributed by atoms with Gasteiger partial charge in [0.1, 0.15) is 5.56 Å². The Morgan fingerprint density at radius 2 is 2.00 bits per heavy atom. The molecule has 0 radical (unpaired) electrons. The second-order valence-electron chi connectivity index (χ2n) is 3.58. The standard InChI is InChI=1S/C12H10Cl2N2O3/c1-18-11-8(14)3-2-7(13)10(11)12(17)19-9-6-15-4-5-16-9/h2-3,6H,4-5H2,1H3. The average molecular weight is 301 g/mol. The molecule has 1 aliphatic rings. The van der Waals surface area contributed by atoms with Gasteiger partial charge in [0.05, 0.1) is 36.5 Å². The van der Waals surface area contributed by atoms with Gasteiger partial charge in [0.15, 0.2) is 5.75 Å². The van der Waals surface area contributed by atoms with Gasteiger partial charge in [-0.2, -0.15) is 0 Å². The summed E-state index contributed by atoms with van der Waals surface area (Å²) >= 11 is 11.9. The third kappa shape index (κ3) is 3.05. The van der Waals surface area contributed by atoms with Crippen molar-refractivity contribution in [3.8, 4) is 5.75 Å². The number of halogens is 2. The summed E-state index contributed by atoms with van der Waals surface area (Å²) in [5, 5.41) is 0.470. The van der Waals surface area contributed by atoms with E-state index in [4.69, 9.17) is 32.7 Å². The van der Waals surface area contributed by atoms with Crippen molar-refractivity contribution in [2.45, 2.75) is 0 Å². The molecule has 1 aliphatic heterocycles. The van der Waals surface area contributed by atoms with E-state index in [1.54, 1.807) is 6.07 Å². The van der Waals surface area contributed by atoms with Crippen molar-refractivity contribution in [3.05, 3.63) is 27.7 Å². The van der Waals surface area contributed by atoms with Crippen molar-refractivity contribution in [2.24, 2.45) is 9.98 Å². The minimum Gasteiger partial charge on any atom is -0.494 e. The fraction of sp³-hybridized carbons (Fsp3) is 0.250. The van der Waals surface area contributed by atoms with Crippen molar-refractivity contribution in [2.75, 3.05) is 20.2 Å². The number of hydrogen-bond donors (Lipinski definition) is 0. The molecule has 5 nitrogen and oxygen atoms in total. The van der Waals surface area contributed by atoms with Crippen LogP contribution in [0.15, 0.2) is 22.1 Å². The molecule has 1 aromatic carbocycles. The van der Waals surface area contributed by atoms with Crippen LogP contribution in [0.5, 0.6) is 5.75 Å². The lowest BCUT2D eigenvalue weighted by molar-refractivity contribution is 0.0717. The van der Waals surface area contributed by atoms with E-state index in [0.717, 1.165) is 0 Å². The highest BCUT2D eigenvalue weighted by atomic mass is 35.5. The first-order chi connectivity index (χ1) is 9.13. The minimum absolute atomic E-state index is 0.0679. The number of esters is 1. The third-order valence-corrected chi connectivity index (χ3v) is 2.98. The molecule has 0 aliphatic carbocycles. The Balaban J connectivity index is 2.30. The van der Waals surface area contributed by atoms with Crippen LogP contribution in [0.4, 0.5) is 0 Å². The Hall–Kier alpha value is -1.59. The molecule has 2 rings (SSSR count). The largest absolute Gasteiger partial charge is 0.494 e. The molecule has 1 heterocycles. The molecule has 0 unspecified atom stereocenters. The molecule has 1 aromatic rings. The maximum atomic E-state index is 12.1. The van der Waals surface area contributed by atoms with Crippen molar-refractivity contribution in [1.82, 2.24) is 0 Å². The molecule has 0 fully saturated rings. The second kappa shape index (κ2) is 6.04. The predicted molar refractivity (Wildman–Crippen MR) is 74.1 cm³/mol. The van der Waals surface area contributed by atoms with Gasteiger partial charge in [-0.25, -0.2) is 9.79 Å². The van der Waals surface area contributed by atoms with Gasteiger partial charge >= 0.3 is 5.97 Å². The minimum atomic E-state index is -0.684. The summed E-state index contributed by atoms with van der Waals surface area (Å²) in [4.78, 5) is 20.1. The predicted octanol–water partition coefficient (Wildman–Crippen LogP) is 2.64. The van der Waals surface area contributed by atoms with Crippen LogP contribution >= 0.6 is 23.2 Å². The monoisotopic (exact) mass is 300 g/mol. The SMILES string of the molecule is COc1c(Cl)ccc(Cl)c1C(=O)OC1=NCCN=C1. The van der Waals surface area contributed by atoms with E-state index in [1.807, 2.05) is 0 Å². The molecule has 0 amide bonds. The van der Waals surface area contributed by atoms with E-state index in [2.05, 4.69) is 9.98 Å². The molecule has 7 heteroatoms. The number of nitrogens with zero attached hydrogens (tertiary/aromatic N) is 2. The highest BCUT2D eigenvalue weighted by Gasteiger charge is 2.22. The molecule has 19 heavy (non-hydrogen) atoms. The van der Waals surface area contributed by atoms with E-state index in [1.165, 1.54) is 19.4 Å². The molecular formula is C12H10Cl2N2O3. The van der Waals surface area contributed by atoms with Crippen LogP contribution in [0.3, 0.4) is 0 Å². The summed E-state index contributed by atoms with van der Waals surface area (Å²) in [5.74, 6) is -0.363. The highest BCUT2D eigenvalue weighted by molar-refractivity contribution is 6.38. The van der Waals surface area contributed by atoms with Crippen LogP contribution in [0.25, 0.3) is 0 Å². The number of hydrogen-bond acceptors (Lipinski definition) is 5. The van der Waals surface area contributed by atoms with Crippen molar-refractivity contribution in [1.29, 1.82) is 0 Å². The van der Waals surface area contributed by atoms with Gasteiger partial charge in [0.2, 0.25) is 5.90 Å². The summed E-state index contributed by atoms with van der Waals surface area (Å²) in [6, 6.07) is 3.04. The van der Waals surface area contributed by atoms with Gasteiger partial charge in [-0.05, 0) is 12.1 Å². The first-order valence-corrected chi connectivity index (χ1v) is 6.17. The maximum Gasteiger partial charge on any atom is 0.350 e. The van der Waals surface area contributed by atoms with Crippen LogP contribution < -0.4 is 4.74 Å². The van der Waals surface area contributed by atoms with Gasteiger partial charge in [-0.15, -0.1) is 0 Å². The lowest BCUT2D eigenvalue weighted by Crippen LogP contribution is -2.18. The van der Waals surface area contributed by atoms with Crippen LogP contribution in [0.2, 0.25) is 10.0 Å². The fourth-order valence-electron chi connectivity index (χ4n) is 1.53. The lowest BCUT2D eigenvalue weighted by Gasteiger charge is -2.12. The number of rotatable bonds is 2. The van der Waals surface area contributed by atoms with Crippen LogP contribution in [-0.4, -0.2) is 38.3 Å². The third-order valence-electron chi connectivity index (χ3n) is 2.36. The number of ether oxygens (including phenoxy) is 2. The first-order valence-electron chi connectivity index (χ1n) is 5.42. The normalized spacial score (nSPS) is 13.9. The molecule has 0 spiro atoms. The summed E-state index contributed by atoms with van der Waals surface area (Å²) in [6.07, 6.45) is 1.40. The van der Waals surface area contributed by atoms with Crippen molar-refractivity contribution >= 4 is 41.3 Å². The smallest absolute Gasteiger partial charge is 0.350 e. The highest BCUT2D eigenvalue weighted by Crippen LogP contribution is 2.34. The second-order valence-corrected chi connectivity index (χ2v) is 4.40. The van der Waals surface area contributed by atoms with Gasteiger partial charge in [-0.1, -0.05) is 23.2 Å². The van der Waals surface area contributed by atoms with Gasteiger partial charge in [0, 0.05) is 0 Å². The summed E-state index contributed by atoms with van der Waals surface area (Å²) in [6.45, 7) is 1.07. The Morgan fingerprint density at radius 1 is 1.26 bits per heavy atom. The van der Waals surface area contributed by atoms with E-state index in [-0.39, 0.29) is 27.3 Å². The summed E-state index contributed by atoms with van der Waals surface area (Å²) < 4.78 is 10.2. The van der Waals surface area contributed by atoms with Gasteiger partial charge in [-0.3, -0.25) is 4.99 Å². The fourth-order valence-corrected chi connectivity index (χ4v) is 1.99. The van der Waals surface area contributed by atoms with E-state index < -0.39 is 5.97 Å². The molecule has 0 atom stereocenters. The molecule has 0 saturated heterocycles. The van der Waals surface area contributed by atoms with Crippen LogP contribution in [0.1, 0.15) is 10.4 Å². The van der Waals surface area contributed by atoms with E-state index in [0.29, 0.717) is 13.1 Å². The molecule has 100 valence electrons. The lowest BCUT2D eigenvalue weighted by atomic mass is 10.2. The first kappa shape index (κ1) is 13.8. The number of aliphatic imine (C=N–C) groups is 2. The molecule has 0 aromatic heterocycles. The van der Waals surface area contributed by atoms with Crippen molar-refractivity contribution in [3.63, 3.8) is 0 Å². The molecule has 0 bridgehead atoms. The zero-order valence-electron chi connectivity index (χ0n) is 10.0. The number of methoxy groups -OCH3 is 1. The Labute approximate surface area is 119 Å². The average Bonchev–Trinajstić information content (AvgIpc) is 2.42. The Morgan fingerprint density at radius 3 is 2.63 bits per heavy atom.